The number of aromatic nitrogens is 2. The number of nitrogens with zero attached hydrogens (tertiary/aromatic N) is 2. The van der Waals surface area contributed by atoms with Crippen LogP contribution in [0, 0.1) is 0 Å². The van der Waals surface area contributed by atoms with E-state index in [9.17, 15) is 0 Å². The van der Waals surface area contributed by atoms with Gasteiger partial charge in [-0.1, -0.05) is 13.8 Å². The highest BCUT2D eigenvalue weighted by atomic mass is 15.1. The molecule has 0 N–H and O–H groups in total. The summed E-state index contributed by atoms with van der Waals surface area (Å²) in [7, 11) is 0. The molecule has 0 spiro atoms. The van der Waals surface area contributed by atoms with Crippen LogP contribution in [0.2, 0.25) is 0 Å². The molecule has 1 aliphatic rings. The Labute approximate surface area is 92.7 Å². The Kier molecular flexibility index (Phi) is 3.45. The molecule has 84 valence electrons. The lowest BCUT2D eigenvalue weighted by Gasteiger charge is -2.14. The monoisotopic (exact) mass is 206 g/mol. The summed E-state index contributed by atoms with van der Waals surface area (Å²) < 4.78 is 2.50. The Bertz CT molecular complexity index is 326. The van der Waals surface area contributed by atoms with Crippen molar-refractivity contribution in [2.75, 3.05) is 0 Å². The van der Waals surface area contributed by atoms with E-state index >= 15 is 0 Å². The summed E-state index contributed by atoms with van der Waals surface area (Å²) in [6.45, 7) is 5.66. The summed E-state index contributed by atoms with van der Waals surface area (Å²) in [6, 6.07) is 0. The first-order chi connectivity index (χ1) is 7.36. The third-order valence-corrected chi connectivity index (χ3v) is 3.23. The second kappa shape index (κ2) is 4.82. The fourth-order valence-corrected chi connectivity index (χ4v) is 2.56. The molecule has 2 rings (SSSR count). The van der Waals surface area contributed by atoms with Crippen LogP contribution in [0.25, 0.3) is 0 Å². The van der Waals surface area contributed by atoms with Gasteiger partial charge >= 0.3 is 0 Å². The molecule has 1 aliphatic carbocycles. The van der Waals surface area contributed by atoms with E-state index in [4.69, 9.17) is 4.98 Å². The average Bonchev–Trinajstić information content (AvgIpc) is 2.59. The van der Waals surface area contributed by atoms with Gasteiger partial charge in [0.1, 0.15) is 5.82 Å². The summed E-state index contributed by atoms with van der Waals surface area (Å²) in [6.07, 6.45) is 8.73. The van der Waals surface area contributed by atoms with Crippen molar-refractivity contribution in [3.8, 4) is 0 Å². The molecule has 2 nitrogen and oxygen atoms in total. The highest BCUT2D eigenvalue weighted by Crippen LogP contribution is 2.23. The SMILES string of the molecule is CCCc1nc2c(n1CCC)CCCC2. The van der Waals surface area contributed by atoms with Gasteiger partial charge in [0.25, 0.3) is 0 Å². The van der Waals surface area contributed by atoms with E-state index < -0.39 is 0 Å². The van der Waals surface area contributed by atoms with Crippen LogP contribution in [0.5, 0.6) is 0 Å². The number of fused-ring (bicyclic) bond motifs is 1. The van der Waals surface area contributed by atoms with Crippen LogP contribution >= 0.6 is 0 Å². The van der Waals surface area contributed by atoms with E-state index in [0.717, 1.165) is 13.0 Å². The van der Waals surface area contributed by atoms with Crippen LogP contribution in [-0.2, 0) is 25.8 Å². The zero-order chi connectivity index (χ0) is 10.7. The first-order valence-electron chi connectivity index (χ1n) is 6.44. The van der Waals surface area contributed by atoms with Crippen molar-refractivity contribution in [3.05, 3.63) is 17.2 Å². The van der Waals surface area contributed by atoms with Gasteiger partial charge in [-0.3, -0.25) is 0 Å². The number of hydrogen-bond acceptors (Lipinski definition) is 1. The normalized spacial score (nSPS) is 15.3. The van der Waals surface area contributed by atoms with Crippen LogP contribution in [0.15, 0.2) is 0 Å². The van der Waals surface area contributed by atoms with Crippen LogP contribution in [0.3, 0.4) is 0 Å². The van der Waals surface area contributed by atoms with Crippen LogP contribution in [0.4, 0.5) is 0 Å². The molecule has 0 atom stereocenters. The maximum atomic E-state index is 4.82. The lowest BCUT2D eigenvalue weighted by Crippen LogP contribution is -2.10. The fraction of sp³-hybridized carbons (Fsp3) is 0.769. The van der Waals surface area contributed by atoms with E-state index in [2.05, 4.69) is 18.4 Å². The largest absolute Gasteiger partial charge is 0.332 e. The minimum atomic E-state index is 1.15. The molecule has 0 aliphatic heterocycles. The number of rotatable bonds is 4. The van der Waals surface area contributed by atoms with Crippen molar-refractivity contribution >= 4 is 0 Å². The van der Waals surface area contributed by atoms with Gasteiger partial charge < -0.3 is 4.57 Å². The molecule has 0 fully saturated rings. The molecular weight excluding hydrogens is 184 g/mol. The van der Waals surface area contributed by atoms with Crippen molar-refractivity contribution in [2.24, 2.45) is 0 Å². The smallest absolute Gasteiger partial charge is 0.109 e. The van der Waals surface area contributed by atoms with E-state index in [1.807, 2.05) is 0 Å². The zero-order valence-electron chi connectivity index (χ0n) is 10.1. The Morgan fingerprint density at radius 2 is 1.93 bits per heavy atom. The van der Waals surface area contributed by atoms with E-state index in [0.29, 0.717) is 0 Å². The predicted octanol–water partition coefficient (Wildman–Crippen LogP) is 3.12. The lowest BCUT2D eigenvalue weighted by molar-refractivity contribution is 0.577. The van der Waals surface area contributed by atoms with Crippen molar-refractivity contribution in [1.29, 1.82) is 0 Å². The minimum absolute atomic E-state index is 1.15. The van der Waals surface area contributed by atoms with Crippen molar-refractivity contribution in [2.45, 2.75) is 65.3 Å². The Morgan fingerprint density at radius 1 is 1.13 bits per heavy atom. The maximum absolute atomic E-state index is 4.82. The second-order valence-electron chi connectivity index (χ2n) is 4.53. The molecule has 1 aromatic rings. The third-order valence-electron chi connectivity index (χ3n) is 3.23. The molecule has 0 aromatic carbocycles. The van der Waals surface area contributed by atoms with Gasteiger partial charge in [0, 0.05) is 18.7 Å². The quantitative estimate of drug-likeness (QED) is 0.740. The molecule has 0 unspecified atom stereocenters. The van der Waals surface area contributed by atoms with Crippen molar-refractivity contribution < 1.29 is 0 Å². The second-order valence-corrected chi connectivity index (χ2v) is 4.53. The van der Waals surface area contributed by atoms with Crippen LogP contribution < -0.4 is 0 Å². The van der Waals surface area contributed by atoms with Gasteiger partial charge in [-0.05, 0) is 38.5 Å². The summed E-state index contributed by atoms with van der Waals surface area (Å²) in [5.41, 5.74) is 2.95. The van der Waals surface area contributed by atoms with E-state index in [1.54, 1.807) is 5.69 Å². The Hall–Kier alpha value is -0.790. The highest BCUT2D eigenvalue weighted by molar-refractivity contribution is 5.20. The molecule has 0 saturated carbocycles. The number of hydrogen-bond donors (Lipinski definition) is 0. The van der Waals surface area contributed by atoms with Gasteiger partial charge in [-0.15, -0.1) is 0 Å². The molecule has 2 heteroatoms. The van der Waals surface area contributed by atoms with Crippen molar-refractivity contribution in [1.82, 2.24) is 9.55 Å². The Balaban J connectivity index is 2.32. The maximum Gasteiger partial charge on any atom is 0.109 e. The van der Waals surface area contributed by atoms with Crippen LogP contribution in [0.1, 0.15) is 56.7 Å². The molecule has 0 amide bonds. The zero-order valence-corrected chi connectivity index (χ0v) is 10.1. The lowest BCUT2D eigenvalue weighted by atomic mass is 10.0. The molecule has 0 radical (unpaired) electrons. The number of imidazole rings is 1. The van der Waals surface area contributed by atoms with Gasteiger partial charge in [0.2, 0.25) is 0 Å². The fourth-order valence-electron chi connectivity index (χ4n) is 2.56. The van der Waals surface area contributed by atoms with Crippen LogP contribution in [-0.4, -0.2) is 9.55 Å². The average molecular weight is 206 g/mol. The first kappa shape index (κ1) is 10.7. The van der Waals surface area contributed by atoms with Gasteiger partial charge in [-0.2, -0.15) is 0 Å². The first-order valence-corrected chi connectivity index (χ1v) is 6.44. The predicted molar refractivity (Wildman–Crippen MR) is 63.2 cm³/mol. The van der Waals surface area contributed by atoms with Gasteiger partial charge in [0.15, 0.2) is 0 Å². The van der Waals surface area contributed by atoms with Crippen molar-refractivity contribution in [3.63, 3.8) is 0 Å². The van der Waals surface area contributed by atoms with E-state index in [1.165, 1.54) is 50.0 Å². The van der Waals surface area contributed by atoms with Gasteiger partial charge in [0.05, 0.1) is 5.69 Å². The molecule has 0 bridgehead atoms. The molecule has 15 heavy (non-hydrogen) atoms. The topological polar surface area (TPSA) is 17.8 Å². The summed E-state index contributed by atoms with van der Waals surface area (Å²) in [5.74, 6) is 1.34. The summed E-state index contributed by atoms with van der Waals surface area (Å²) >= 11 is 0. The molecule has 0 saturated heterocycles. The molecular formula is C13H22N2. The molecule has 1 aromatic heterocycles. The number of aryl methyl sites for hydroxylation is 2. The summed E-state index contributed by atoms with van der Waals surface area (Å²) in [4.78, 5) is 4.82. The third kappa shape index (κ3) is 2.09. The van der Waals surface area contributed by atoms with E-state index in [-0.39, 0.29) is 0 Å². The van der Waals surface area contributed by atoms with Gasteiger partial charge in [-0.25, -0.2) is 4.98 Å². The molecule has 1 heterocycles. The Morgan fingerprint density at radius 3 is 2.67 bits per heavy atom. The standard InChI is InChI=1S/C13H22N2/c1-3-7-13-14-11-8-5-6-9-12(11)15(13)10-4-2/h3-10H2,1-2H3. The summed E-state index contributed by atoms with van der Waals surface area (Å²) in [5, 5.41) is 0. The highest BCUT2D eigenvalue weighted by Gasteiger charge is 2.18. The minimum Gasteiger partial charge on any atom is -0.332 e.